The van der Waals surface area contributed by atoms with Gasteiger partial charge in [-0.15, -0.1) is 0 Å². The van der Waals surface area contributed by atoms with E-state index in [-0.39, 0.29) is 5.56 Å². The summed E-state index contributed by atoms with van der Waals surface area (Å²) in [7, 11) is 2.01. The Balaban J connectivity index is 1.63. The number of nitrogens with one attached hydrogen (secondary N) is 1. The number of nitrogens with zero attached hydrogens (tertiary/aromatic N) is 3. The van der Waals surface area contributed by atoms with E-state index in [9.17, 15) is 4.79 Å². The van der Waals surface area contributed by atoms with Crippen LogP contribution >= 0.6 is 0 Å². The second-order valence-corrected chi connectivity index (χ2v) is 6.80. The molecule has 0 unspecified atom stereocenters. The summed E-state index contributed by atoms with van der Waals surface area (Å²) in [5, 5.41) is 1.09. The zero-order chi connectivity index (χ0) is 16.7. The first kappa shape index (κ1) is 15.1. The van der Waals surface area contributed by atoms with Crippen molar-refractivity contribution in [3.8, 4) is 0 Å². The molecule has 1 aromatic carbocycles. The molecule has 0 spiro atoms. The highest BCUT2D eigenvalue weighted by Gasteiger charge is 2.30. The summed E-state index contributed by atoms with van der Waals surface area (Å²) in [4.78, 5) is 22.3. The molecule has 1 aliphatic rings. The third-order valence-electron chi connectivity index (χ3n) is 4.78. The predicted octanol–water partition coefficient (Wildman–Crippen LogP) is 2.73. The van der Waals surface area contributed by atoms with Crippen LogP contribution in [0, 0.1) is 6.92 Å². The van der Waals surface area contributed by atoms with Gasteiger partial charge in [-0.05, 0) is 42.8 Å². The molecule has 0 atom stereocenters. The summed E-state index contributed by atoms with van der Waals surface area (Å²) in [6.07, 6.45) is 6.20. The number of H-pyrrole nitrogens is 1. The van der Waals surface area contributed by atoms with Gasteiger partial charge in [-0.2, -0.15) is 0 Å². The summed E-state index contributed by atoms with van der Waals surface area (Å²) in [6, 6.07) is 8.77. The minimum atomic E-state index is 0.0126. The highest BCUT2D eigenvalue weighted by atomic mass is 16.1. The van der Waals surface area contributed by atoms with Crippen LogP contribution in [0.1, 0.15) is 29.8 Å². The average Bonchev–Trinajstić information content (AvgIpc) is 3.32. The maximum atomic E-state index is 12.5. The highest BCUT2D eigenvalue weighted by Crippen LogP contribution is 2.29. The van der Waals surface area contributed by atoms with Crippen molar-refractivity contribution in [1.82, 2.24) is 19.4 Å². The summed E-state index contributed by atoms with van der Waals surface area (Å²) >= 11 is 0. The lowest BCUT2D eigenvalue weighted by Gasteiger charge is -2.21. The van der Waals surface area contributed by atoms with Crippen LogP contribution in [-0.2, 0) is 20.1 Å². The van der Waals surface area contributed by atoms with Crippen molar-refractivity contribution in [3.63, 3.8) is 0 Å². The van der Waals surface area contributed by atoms with Gasteiger partial charge in [-0.1, -0.05) is 12.1 Å². The number of aromatic amines is 1. The Kier molecular flexibility index (Phi) is 3.73. The number of hydrogen-bond acceptors (Lipinski definition) is 3. The van der Waals surface area contributed by atoms with Crippen molar-refractivity contribution in [2.45, 2.75) is 38.9 Å². The summed E-state index contributed by atoms with van der Waals surface area (Å²) < 4.78 is 2.04. The Bertz CT molecular complexity index is 936. The van der Waals surface area contributed by atoms with Crippen LogP contribution in [-0.4, -0.2) is 25.5 Å². The monoisotopic (exact) mass is 322 g/mol. The zero-order valence-electron chi connectivity index (χ0n) is 14.1. The Morgan fingerprint density at radius 3 is 2.83 bits per heavy atom. The lowest BCUT2D eigenvalue weighted by atomic mass is 10.1. The van der Waals surface area contributed by atoms with E-state index >= 15 is 0 Å². The molecule has 0 radical (unpaired) electrons. The Labute approximate surface area is 140 Å². The number of benzene rings is 1. The van der Waals surface area contributed by atoms with Gasteiger partial charge in [0.2, 0.25) is 0 Å². The second-order valence-electron chi connectivity index (χ2n) is 6.80. The summed E-state index contributed by atoms with van der Waals surface area (Å²) in [6.45, 7) is 3.48. The molecule has 5 nitrogen and oxygen atoms in total. The Morgan fingerprint density at radius 1 is 1.29 bits per heavy atom. The van der Waals surface area contributed by atoms with E-state index < -0.39 is 0 Å². The van der Waals surface area contributed by atoms with Crippen molar-refractivity contribution in [1.29, 1.82) is 0 Å². The maximum Gasteiger partial charge on any atom is 0.252 e. The molecule has 1 fully saturated rings. The lowest BCUT2D eigenvalue weighted by molar-refractivity contribution is 0.236. The molecular weight excluding hydrogens is 300 g/mol. The molecule has 0 amide bonds. The topological polar surface area (TPSA) is 53.9 Å². The Morgan fingerprint density at radius 2 is 2.12 bits per heavy atom. The highest BCUT2D eigenvalue weighted by molar-refractivity contribution is 5.79. The number of aromatic nitrogens is 3. The number of aryl methyl sites for hydroxylation is 2. The van der Waals surface area contributed by atoms with Crippen LogP contribution in [0.3, 0.4) is 0 Å². The van der Waals surface area contributed by atoms with Crippen molar-refractivity contribution in [2.75, 3.05) is 0 Å². The fourth-order valence-electron chi connectivity index (χ4n) is 3.18. The van der Waals surface area contributed by atoms with Crippen molar-refractivity contribution in [2.24, 2.45) is 7.05 Å². The Hall–Kier alpha value is -2.40. The van der Waals surface area contributed by atoms with Crippen LogP contribution in [0.25, 0.3) is 10.9 Å². The SMILES string of the molecule is Cc1ccc2cc(CN(Cc3nccn3C)C3CC3)c(=O)[nH]c2c1. The fraction of sp³-hybridized carbons (Fsp3) is 0.368. The number of pyridine rings is 1. The van der Waals surface area contributed by atoms with Crippen LogP contribution in [0.2, 0.25) is 0 Å². The number of imidazole rings is 1. The molecule has 0 aliphatic heterocycles. The van der Waals surface area contributed by atoms with E-state index in [1.807, 2.05) is 43.1 Å². The van der Waals surface area contributed by atoms with Crippen LogP contribution in [0.5, 0.6) is 0 Å². The van der Waals surface area contributed by atoms with Gasteiger partial charge in [0.15, 0.2) is 0 Å². The lowest BCUT2D eigenvalue weighted by Crippen LogP contribution is -2.29. The molecule has 1 N–H and O–H groups in total. The minimum Gasteiger partial charge on any atom is -0.337 e. The molecule has 2 heterocycles. The predicted molar refractivity (Wildman–Crippen MR) is 94.8 cm³/mol. The molecule has 124 valence electrons. The molecule has 24 heavy (non-hydrogen) atoms. The standard InChI is InChI=1S/C19H22N4O/c1-13-3-4-14-10-15(19(24)21-17(14)9-13)11-23(16-5-6-16)12-18-20-7-8-22(18)2/h3-4,7-10,16H,5-6,11-12H2,1-2H3,(H,21,24). The third kappa shape index (κ3) is 2.99. The molecule has 1 saturated carbocycles. The van der Waals surface area contributed by atoms with Gasteiger partial charge in [0.25, 0.3) is 5.56 Å². The van der Waals surface area contributed by atoms with Gasteiger partial charge in [-0.3, -0.25) is 9.69 Å². The van der Waals surface area contributed by atoms with E-state index in [0.29, 0.717) is 12.6 Å². The molecular formula is C19H22N4O. The fourth-order valence-corrected chi connectivity index (χ4v) is 3.18. The van der Waals surface area contributed by atoms with Gasteiger partial charge < -0.3 is 9.55 Å². The first-order valence-corrected chi connectivity index (χ1v) is 8.43. The van der Waals surface area contributed by atoms with Crippen LogP contribution in [0.15, 0.2) is 41.5 Å². The first-order valence-electron chi connectivity index (χ1n) is 8.43. The summed E-state index contributed by atoms with van der Waals surface area (Å²) in [5.41, 5.74) is 2.90. The van der Waals surface area contributed by atoms with E-state index in [2.05, 4.69) is 27.0 Å². The van der Waals surface area contributed by atoms with Gasteiger partial charge in [0.05, 0.1) is 6.54 Å². The van der Waals surface area contributed by atoms with Crippen molar-refractivity contribution in [3.05, 3.63) is 64.0 Å². The van der Waals surface area contributed by atoms with Gasteiger partial charge in [0.1, 0.15) is 5.82 Å². The quantitative estimate of drug-likeness (QED) is 0.786. The van der Waals surface area contributed by atoms with Gasteiger partial charge in [-0.25, -0.2) is 4.98 Å². The van der Waals surface area contributed by atoms with Crippen LogP contribution < -0.4 is 5.56 Å². The van der Waals surface area contributed by atoms with E-state index in [1.165, 1.54) is 12.8 Å². The van der Waals surface area contributed by atoms with Crippen molar-refractivity contribution >= 4 is 10.9 Å². The molecule has 4 rings (SSSR count). The van der Waals surface area contributed by atoms with Crippen LogP contribution in [0.4, 0.5) is 0 Å². The van der Waals surface area contributed by atoms with Crippen molar-refractivity contribution < 1.29 is 0 Å². The smallest absolute Gasteiger partial charge is 0.252 e. The van der Waals surface area contributed by atoms with E-state index in [4.69, 9.17) is 0 Å². The number of hydrogen-bond donors (Lipinski definition) is 1. The molecule has 3 aromatic rings. The summed E-state index contributed by atoms with van der Waals surface area (Å²) in [5.74, 6) is 1.04. The molecule has 5 heteroatoms. The number of rotatable bonds is 5. The minimum absolute atomic E-state index is 0.0126. The second kappa shape index (κ2) is 5.91. The molecule has 2 aromatic heterocycles. The maximum absolute atomic E-state index is 12.5. The molecule has 0 bridgehead atoms. The largest absolute Gasteiger partial charge is 0.337 e. The van der Waals surface area contributed by atoms with E-state index in [0.717, 1.165) is 34.4 Å². The average molecular weight is 322 g/mol. The molecule has 0 saturated heterocycles. The first-order chi connectivity index (χ1) is 11.6. The van der Waals surface area contributed by atoms with Gasteiger partial charge in [0, 0.05) is 43.1 Å². The normalized spacial score (nSPS) is 14.6. The third-order valence-corrected chi connectivity index (χ3v) is 4.78. The number of fused-ring (bicyclic) bond motifs is 1. The van der Waals surface area contributed by atoms with E-state index in [1.54, 1.807) is 0 Å². The molecule has 1 aliphatic carbocycles. The zero-order valence-corrected chi connectivity index (χ0v) is 14.1. The van der Waals surface area contributed by atoms with Gasteiger partial charge >= 0.3 is 0 Å².